The van der Waals surface area contributed by atoms with Gasteiger partial charge in [0.25, 0.3) is 0 Å². The SMILES string of the molecule is N#Cc1cnn(-c2ncnc3scc(-c4cccs4)c23)c1N. The molecule has 0 aliphatic heterocycles. The molecule has 6 nitrogen and oxygen atoms in total. The molecule has 4 aromatic rings. The number of rotatable bonds is 2. The van der Waals surface area contributed by atoms with E-state index in [1.165, 1.54) is 17.2 Å². The molecule has 4 aromatic heterocycles. The molecule has 4 heterocycles. The molecule has 2 N–H and O–H groups in total. The molecule has 8 heteroatoms. The van der Waals surface area contributed by atoms with Gasteiger partial charge in [0, 0.05) is 15.8 Å². The maximum atomic E-state index is 9.04. The van der Waals surface area contributed by atoms with Crippen LogP contribution in [0.4, 0.5) is 5.82 Å². The fraction of sp³-hybridized carbons (Fsp3) is 0. The number of aromatic nitrogens is 4. The van der Waals surface area contributed by atoms with Gasteiger partial charge in [-0.2, -0.15) is 15.0 Å². The Labute approximate surface area is 133 Å². The molecule has 0 bridgehead atoms. The van der Waals surface area contributed by atoms with Crippen molar-refractivity contribution < 1.29 is 0 Å². The Morgan fingerprint density at radius 3 is 2.91 bits per heavy atom. The Balaban J connectivity index is 2.04. The van der Waals surface area contributed by atoms with Crippen molar-refractivity contribution in [3.63, 3.8) is 0 Å². The number of nitrogens with zero attached hydrogens (tertiary/aromatic N) is 5. The van der Waals surface area contributed by atoms with Crippen LogP contribution in [0.25, 0.3) is 26.5 Å². The first-order chi connectivity index (χ1) is 10.8. The summed E-state index contributed by atoms with van der Waals surface area (Å²) in [7, 11) is 0. The minimum Gasteiger partial charge on any atom is -0.382 e. The number of thiophene rings is 2. The highest BCUT2D eigenvalue weighted by Crippen LogP contribution is 2.38. The van der Waals surface area contributed by atoms with Crippen LogP contribution in [-0.4, -0.2) is 19.7 Å². The second kappa shape index (κ2) is 4.91. The zero-order valence-corrected chi connectivity index (χ0v) is 12.7. The lowest BCUT2D eigenvalue weighted by Crippen LogP contribution is -2.05. The molecule has 22 heavy (non-hydrogen) atoms. The zero-order chi connectivity index (χ0) is 15.1. The van der Waals surface area contributed by atoms with Crippen molar-refractivity contribution in [2.75, 3.05) is 5.73 Å². The van der Waals surface area contributed by atoms with Crippen LogP contribution in [0, 0.1) is 11.3 Å². The molecule has 0 atom stereocenters. The van der Waals surface area contributed by atoms with Gasteiger partial charge in [-0.3, -0.25) is 0 Å². The molecule has 4 rings (SSSR count). The van der Waals surface area contributed by atoms with Crippen LogP contribution in [0.1, 0.15) is 5.56 Å². The normalized spacial score (nSPS) is 10.9. The summed E-state index contributed by atoms with van der Waals surface area (Å²) < 4.78 is 1.49. The lowest BCUT2D eigenvalue weighted by molar-refractivity contribution is 0.862. The highest BCUT2D eigenvalue weighted by Gasteiger charge is 2.18. The summed E-state index contributed by atoms with van der Waals surface area (Å²) in [5.74, 6) is 0.875. The number of nitriles is 1. The first-order valence-corrected chi connectivity index (χ1v) is 8.05. The second-order valence-electron chi connectivity index (χ2n) is 4.47. The Morgan fingerprint density at radius 1 is 1.27 bits per heavy atom. The molecule has 0 unspecified atom stereocenters. The van der Waals surface area contributed by atoms with Crippen molar-refractivity contribution in [2.24, 2.45) is 0 Å². The summed E-state index contributed by atoms with van der Waals surface area (Å²) in [5.41, 5.74) is 7.39. The smallest absolute Gasteiger partial charge is 0.168 e. The van der Waals surface area contributed by atoms with E-state index in [1.807, 2.05) is 17.5 Å². The van der Waals surface area contributed by atoms with Gasteiger partial charge in [0.1, 0.15) is 28.6 Å². The van der Waals surface area contributed by atoms with Crippen molar-refractivity contribution in [3.8, 4) is 22.3 Å². The largest absolute Gasteiger partial charge is 0.382 e. The van der Waals surface area contributed by atoms with Gasteiger partial charge >= 0.3 is 0 Å². The lowest BCUT2D eigenvalue weighted by Gasteiger charge is -2.06. The minimum absolute atomic E-state index is 0.283. The van der Waals surface area contributed by atoms with E-state index >= 15 is 0 Å². The van der Waals surface area contributed by atoms with Gasteiger partial charge < -0.3 is 5.73 Å². The summed E-state index contributed by atoms with van der Waals surface area (Å²) in [6.07, 6.45) is 2.93. The van der Waals surface area contributed by atoms with Gasteiger partial charge in [-0.05, 0) is 11.4 Å². The van der Waals surface area contributed by atoms with E-state index < -0.39 is 0 Å². The minimum atomic E-state index is 0.283. The van der Waals surface area contributed by atoms with Crippen LogP contribution >= 0.6 is 22.7 Å². The molecule has 106 valence electrons. The van der Waals surface area contributed by atoms with Crippen LogP contribution < -0.4 is 5.73 Å². The van der Waals surface area contributed by atoms with Gasteiger partial charge in [0.15, 0.2) is 5.82 Å². The predicted octanol–water partition coefficient (Wildman–Crippen LogP) is 3.06. The molecule has 0 aliphatic carbocycles. The van der Waals surface area contributed by atoms with E-state index in [-0.39, 0.29) is 5.82 Å². The molecule has 0 saturated carbocycles. The lowest BCUT2D eigenvalue weighted by atomic mass is 10.2. The number of fused-ring (bicyclic) bond motifs is 1. The van der Waals surface area contributed by atoms with Crippen molar-refractivity contribution in [3.05, 3.63) is 41.0 Å². The topological polar surface area (TPSA) is 93.4 Å². The van der Waals surface area contributed by atoms with E-state index in [0.717, 1.165) is 20.7 Å². The predicted molar refractivity (Wildman–Crippen MR) is 87.0 cm³/mol. The Hall–Kier alpha value is -2.76. The summed E-state index contributed by atoms with van der Waals surface area (Å²) >= 11 is 3.20. The Morgan fingerprint density at radius 2 is 2.18 bits per heavy atom. The number of nitrogens with two attached hydrogens (primary N) is 1. The quantitative estimate of drug-likeness (QED) is 0.611. The molecule has 0 spiro atoms. The number of hydrogen-bond donors (Lipinski definition) is 1. The maximum absolute atomic E-state index is 9.04. The highest BCUT2D eigenvalue weighted by atomic mass is 32.1. The van der Waals surface area contributed by atoms with Crippen molar-refractivity contribution in [2.45, 2.75) is 0 Å². The van der Waals surface area contributed by atoms with E-state index in [9.17, 15) is 0 Å². The second-order valence-corrected chi connectivity index (χ2v) is 6.28. The van der Waals surface area contributed by atoms with Crippen LogP contribution in [0.15, 0.2) is 35.4 Å². The summed E-state index contributed by atoms with van der Waals surface area (Å²) in [6.45, 7) is 0. The van der Waals surface area contributed by atoms with E-state index in [4.69, 9.17) is 11.0 Å². The fourth-order valence-electron chi connectivity index (χ4n) is 2.25. The molecule has 0 fully saturated rings. The van der Waals surface area contributed by atoms with Gasteiger partial charge in [-0.1, -0.05) is 6.07 Å². The third-order valence-corrected chi connectivity index (χ3v) is 5.05. The third-order valence-electron chi connectivity index (χ3n) is 3.26. The maximum Gasteiger partial charge on any atom is 0.168 e. The molecule has 0 saturated heterocycles. The van der Waals surface area contributed by atoms with Gasteiger partial charge in [0.2, 0.25) is 0 Å². The summed E-state index contributed by atoms with van der Waals surface area (Å²) in [5, 5.41) is 18.2. The third kappa shape index (κ3) is 1.80. The average Bonchev–Trinajstić information content (AvgIpc) is 3.25. The Kier molecular flexibility index (Phi) is 2.89. The number of anilines is 1. The molecule has 0 aromatic carbocycles. The number of nitrogen functional groups attached to an aromatic ring is 1. The first kappa shape index (κ1) is 12.9. The van der Waals surface area contributed by atoms with Crippen molar-refractivity contribution in [1.29, 1.82) is 5.26 Å². The van der Waals surface area contributed by atoms with Crippen molar-refractivity contribution in [1.82, 2.24) is 19.7 Å². The van der Waals surface area contributed by atoms with Crippen LogP contribution in [0.3, 0.4) is 0 Å². The van der Waals surface area contributed by atoms with E-state index in [0.29, 0.717) is 11.4 Å². The van der Waals surface area contributed by atoms with Crippen LogP contribution in [-0.2, 0) is 0 Å². The monoisotopic (exact) mass is 324 g/mol. The van der Waals surface area contributed by atoms with Gasteiger partial charge in [-0.15, -0.1) is 22.7 Å². The molecular weight excluding hydrogens is 316 g/mol. The van der Waals surface area contributed by atoms with E-state index in [1.54, 1.807) is 22.7 Å². The molecule has 0 aliphatic rings. The highest BCUT2D eigenvalue weighted by molar-refractivity contribution is 7.18. The van der Waals surface area contributed by atoms with Gasteiger partial charge in [0.05, 0.1) is 11.6 Å². The molecular formula is C14H8N6S2. The van der Waals surface area contributed by atoms with E-state index in [2.05, 4.69) is 26.5 Å². The van der Waals surface area contributed by atoms with Crippen LogP contribution in [0.5, 0.6) is 0 Å². The average molecular weight is 324 g/mol. The van der Waals surface area contributed by atoms with Crippen molar-refractivity contribution >= 4 is 38.7 Å². The summed E-state index contributed by atoms with van der Waals surface area (Å²) in [6, 6.07) is 6.08. The zero-order valence-electron chi connectivity index (χ0n) is 11.1. The molecule has 0 radical (unpaired) electrons. The van der Waals surface area contributed by atoms with Gasteiger partial charge in [-0.25, -0.2) is 9.97 Å². The first-order valence-electron chi connectivity index (χ1n) is 6.29. The van der Waals surface area contributed by atoms with Crippen LogP contribution in [0.2, 0.25) is 0 Å². The fourth-order valence-corrected chi connectivity index (χ4v) is 3.97. The summed E-state index contributed by atoms with van der Waals surface area (Å²) in [4.78, 5) is 10.7. The number of hydrogen-bond acceptors (Lipinski definition) is 7. The standard InChI is InChI=1S/C14H8N6S2/c15-4-8-5-19-20(12(8)16)13-11-9(10-2-1-3-21-10)6-22-14(11)18-7-17-13/h1-3,5-7H,16H2. The molecule has 0 amide bonds. The Bertz CT molecular complexity index is 1010.